The van der Waals surface area contributed by atoms with Crippen molar-refractivity contribution in [3.05, 3.63) is 75.6 Å². The third kappa shape index (κ3) is 4.81. The second-order valence-corrected chi connectivity index (χ2v) is 7.24. The molecule has 0 aliphatic rings. The number of hydrogen-bond donors (Lipinski definition) is 2. The van der Waals surface area contributed by atoms with E-state index in [2.05, 4.69) is 20.8 Å². The highest BCUT2D eigenvalue weighted by atomic mass is 32.2. The monoisotopic (exact) mass is 426 g/mol. The lowest BCUT2D eigenvalue weighted by molar-refractivity contribution is -0.387. The third-order valence-corrected chi connectivity index (χ3v) is 5.28. The Morgan fingerprint density at radius 1 is 1.17 bits per heavy atom. The Bertz CT molecular complexity index is 1110. The summed E-state index contributed by atoms with van der Waals surface area (Å²) in [6, 6.07) is 11.1. The molecule has 2 N–H and O–H groups in total. The minimum atomic E-state index is -0.539. The molecule has 11 heteroatoms. The number of carbonyl (C=O) groups is 2. The van der Waals surface area contributed by atoms with Gasteiger partial charge in [-0.15, -0.1) is 10.2 Å². The molecule has 2 aromatic carbocycles. The second-order valence-electron chi connectivity index (χ2n) is 6.23. The molecule has 0 aliphatic carbocycles. The van der Waals surface area contributed by atoms with Gasteiger partial charge in [-0.1, -0.05) is 12.1 Å². The van der Waals surface area contributed by atoms with Crippen LogP contribution in [0.15, 0.2) is 58.8 Å². The van der Waals surface area contributed by atoms with E-state index in [9.17, 15) is 19.7 Å². The topological polar surface area (TPSA) is 132 Å². The number of nitrogens with one attached hydrogen (secondary N) is 2. The fraction of sp³-hybridized carbons (Fsp3) is 0.158. The van der Waals surface area contributed by atoms with Crippen molar-refractivity contribution in [2.24, 2.45) is 7.05 Å². The zero-order valence-electron chi connectivity index (χ0n) is 16.2. The van der Waals surface area contributed by atoms with Gasteiger partial charge in [-0.3, -0.25) is 19.7 Å². The van der Waals surface area contributed by atoms with Crippen molar-refractivity contribution in [2.45, 2.75) is 16.6 Å². The van der Waals surface area contributed by atoms with Crippen molar-refractivity contribution in [1.29, 1.82) is 0 Å². The number of hydrogen-bond acceptors (Lipinski definition) is 7. The number of carbonyl (C=O) groups excluding carboxylic acids is 2. The molecule has 154 valence electrons. The number of aryl methyl sites for hydroxylation is 1. The Balaban J connectivity index is 1.75. The van der Waals surface area contributed by atoms with E-state index in [0.717, 1.165) is 17.3 Å². The number of nitrogens with zero attached hydrogens (tertiary/aromatic N) is 4. The largest absolute Gasteiger partial charge is 0.355 e. The maximum atomic E-state index is 12.5. The minimum Gasteiger partial charge on any atom is -0.355 e. The van der Waals surface area contributed by atoms with E-state index < -0.39 is 10.8 Å². The molecule has 30 heavy (non-hydrogen) atoms. The Hall–Kier alpha value is -3.73. The smallest absolute Gasteiger partial charge is 0.284 e. The zero-order chi connectivity index (χ0) is 21.7. The lowest BCUT2D eigenvalue weighted by atomic mass is 10.1. The zero-order valence-corrected chi connectivity index (χ0v) is 17.0. The number of nitro groups is 1. The predicted molar refractivity (Wildman–Crippen MR) is 109 cm³/mol. The van der Waals surface area contributed by atoms with Crippen molar-refractivity contribution in [1.82, 2.24) is 25.4 Å². The molecule has 0 radical (unpaired) electrons. The average Bonchev–Trinajstić information content (AvgIpc) is 3.16. The number of amides is 2. The normalized spacial score (nSPS) is 10.5. The molecule has 0 fully saturated rings. The van der Waals surface area contributed by atoms with E-state index in [1.165, 1.54) is 31.6 Å². The van der Waals surface area contributed by atoms with Gasteiger partial charge < -0.3 is 15.2 Å². The van der Waals surface area contributed by atoms with Crippen LogP contribution in [-0.4, -0.2) is 38.5 Å². The van der Waals surface area contributed by atoms with Gasteiger partial charge in [0.2, 0.25) is 0 Å². The lowest BCUT2D eigenvalue weighted by Crippen LogP contribution is -2.23. The first-order valence-electron chi connectivity index (χ1n) is 8.78. The molecule has 2 amide bonds. The second kappa shape index (κ2) is 9.18. The van der Waals surface area contributed by atoms with E-state index in [0.29, 0.717) is 15.6 Å². The van der Waals surface area contributed by atoms with Gasteiger partial charge in [0.05, 0.1) is 9.82 Å². The third-order valence-electron chi connectivity index (χ3n) is 4.16. The number of benzene rings is 2. The summed E-state index contributed by atoms with van der Waals surface area (Å²) in [5, 5.41) is 24.9. The van der Waals surface area contributed by atoms with Crippen molar-refractivity contribution in [3.8, 4) is 0 Å². The maximum Gasteiger partial charge on any atom is 0.284 e. The molecule has 1 aromatic heterocycles. The Kier molecular flexibility index (Phi) is 6.42. The summed E-state index contributed by atoms with van der Waals surface area (Å²) in [6.45, 7) is 0.174. The van der Waals surface area contributed by atoms with Gasteiger partial charge in [-0.25, -0.2) is 0 Å². The number of rotatable bonds is 7. The summed E-state index contributed by atoms with van der Waals surface area (Å²) in [5.74, 6) is -0.687. The van der Waals surface area contributed by atoms with E-state index in [1.807, 2.05) is 0 Å². The standard InChI is InChI=1S/C19H18N6O4S/c1-20-17(26)13-5-3-4-12(8-13)10-21-18(27)14-6-7-16(15(9-14)25(28)29)30-19-23-22-11-24(19)2/h3-9,11H,10H2,1-2H3,(H,20,26)(H,21,27). The number of nitro benzene ring substituents is 1. The number of aromatic nitrogens is 3. The summed E-state index contributed by atoms with van der Waals surface area (Å²) in [4.78, 5) is 35.5. The Morgan fingerprint density at radius 3 is 2.60 bits per heavy atom. The molecule has 0 spiro atoms. The summed E-state index contributed by atoms with van der Waals surface area (Å²) >= 11 is 1.09. The van der Waals surface area contributed by atoms with Crippen LogP contribution in [0.1, 0.15) is 26.3 Å². The van der Waals surface area contributed by atoms with Crippen molar-refractivity contribution >= 4 is 29.3 Å². The highest BCUT2D eigenvalue weighted by Gasteiger charge is 2.20. The SMILES string of the molecule is CNC(=O)c1cccc(CNC(=O)c2ccc(Sc3nncn3C)c([N+](=O)[O-])c2)c1. The van der Waals surface area contributed by atoms with Crippen molar-refractivity contribution < 1.29 is 14.5 Å². The van der Waals surface area contributed by atoms with Crippen LogP contribution in [0.25, 0.3) is 0 Å². The van der Waals surface area contributed by atoms with Gasteiger partial charge in [-0.2, -0.15) is 0 Å². The maximum absolute atomic E-state index is 12.5. The Morgan fingerprint density at radius 2 is 1.93 bits per heavy atom. The summed E-state index contributed by atoms with van der Waals surface area (Å²) in [5.41, 5.74) is 1.17. The van der Waals surface area contributed by atoms with Crippen LogP contribution in [0, 0.1) is 10.1 Å². The molecule has 10 nitrogen and oxygen atoms in total. The van der Waals surface area contributed by atoms with Crippen LogP contribution in [0.4, 0.5) is 5.69 Å². The molecule has 3 rings (SSSR count). The van der Waals surface area contributed by atoms with E-state index in [1.54, 1.807) is 35.9 Å². The Labute approximate surface area is 175 Å². The minimum absolute atomic E-state index is 0.159. The molecule has 0 atom stereocenters. The summed E-state index contributed by atoms with van der Waals surface area (Å²) in [6.07, 6.45) is 1.50. The first kappa shape index (κ1) is 21.0. The molecule has 0 bridgehead atoms. The molecule has 3 aromatic rings. The van der Waals surface area contributed by atoms with Gasteiger partial charge >= 0.3 is 0 Å². The summed E-state index contributed by atoms with van der Waals surface area (Å²) < 4.78 is 1.64. The lowest BCUT2D eigenvalue weighted by Gasteiger charge is -2.08. The van der Waals surface area contributed by atoms with Crippen LogP contribution >= 0.6 is 11.8 Å². The van der Waals surface area contributed by atoms with Crippen molar-refractivity contribution in [3.63, 3.8) is 0 Å². The van der Waals surface area contributed by atoms with Gasteiger partial charge in [0.1, 0.15) is 6.33 Å². The van der Waals surface area contributed by atoms with E-state index >= 15 is 0 Å². The molecule has 1 heterocycles. The first-order valence-corrected chi connectivity index (χ1v) is 9.60. The molecular weight excluding hydrogens is 408 g/mol. The van der Waals surface area contributed by atoms with Crippen molar-refractivity contribution in [2.75, 3.05) is 7.05 Å². The summed E-state index contributed by atoms with van der Waals surface area (Å²) in [7, 11) is 3.27. The molecular formula is C19H18N6O4S. The highest BCUT2D eigenvalue weighted by Crippen LogP contribution is 2.34. The van der Waals surface area contributed by atoms with Crippen LogP contribution in [0.3, 0.4) is 0 Å². The van der Waals surface area contributed by atoms with Crippen LogP contribution in [0.2, 0.25) is 0 Å². The molecule has 0 aliphatic heterocycles. The van der Waals surface area contributed by atoms with Gasteiger partial charge in [0, 0.05) is 37.8 Å². The highest BCUT2D eigenvalue weighted by molar-refractivity contribution is 7.99. The molecule has 0 saturated heterocycles. The predicted octanol–water partition coefficient (Wildman–Crippen LogP) is 2.16. The first-order chi connectivity index (χ1) is 14.4. The van der Waals surface area contributed by atoms with Gasteiger partial charge in [0.25, 0.3) is 17.5 Å². The molecule has 0 unspecified atom stereocenters. The van der Waals surface area contributed by atoms with Crippen LogP contribution < -0.4 is 10.6 Å². The quantitative estimate of drug-likeness (QED) is 0.437. The van der Waals surface area contributed by atoms with Gasteiger partial charge in [0.15, 0.2) is 5.16 Å². The fourth-order valence-electron chi connectivity index (χ4n) is 2.60. The van der Waals surface area contributed by atoms with Gasteiger partial charge in [-0.05, 0) is 41.6 Å². The van der Waals surface area contributed by atoms with Crippen LogP contribution in [0.5, 0.6) is 0 Å². The van der Waals surface area contributed by atoms with E-state index in [-0.39, 0.29) is 23.7 Å². The van der Waals surface area contributed by atoms with Crippen LogP contribution in [-0.2, 0) is 13.6 Å². The van der Waals surface area contributed by atoms with E-state index in [4.69, 9.17) is 0 Å². The average molecular weight is 426 g/mol. The molecule has 0 saturated carbocycles. The fourth-order valence-corrected chi connectivity index (χ4v) is 3.45.